The van der Waals surface area contributed by atoms with Crippen LogP contribution < -0.4 is 5.32 Å². The standard InChI is InChI=1S/C17H18F2N2OS/c1-11-21-14(9-23-11)16(22)20-10-17(7-2-3-8-17)15-12(18)5-4-6-13(15)19/h4-6,9H,2-3,7-8,10H2,1H3,(H,20,22). The van der Waals surface area contributed by atoms with Crippen molar-refractivity contribution in [2.45, 2.75) is 38.0 Å². The quantitative estimate of drug-likeness (QED) is 0.918. The fraction of sp³-hybridized carbons (Fsp3) is 0.412. The monoisotopic (exact) mass is 336 g/mol. The van der Waals surface area contributed by atoms with Crippen LogP contribution in [0.4, 0.5) is 8.78 Å². The predicted octanol–water partition coefficient (Wildman–Crippen LogP) is 3.97. The molecule has 1 N–H and O–H groups in total. The molecule has 0 aliphatic heterocycles. The van der Waals surface area contributed by atoms with Crippen molar-refractivity contribution in [3.63, 3.8) is 0 Å². The van der Waals surface area contributed by atoms with Gasteiger partial charge in [0.15, 0.2) is 0 Å². The van der Waals surface area contributed by atoms with Crippen molar-refractivity contribution in [1.29, 1.82) is 0 Å². The number of aryl methyl sites for hydroxylation is 1. The zero-order chi connectivity index (χ0) is 16.4. The minimum absolute atomic E-state index is 0.104. The molecule has 0 radical (unpaired) electrons. The number of carbonyl (C=O) groups excluding carboxylic acids is 1. The Labute approximate surface area is 137 Å². The van der Waals surface area contributed by atoms with Gasteiger partial charge in [-0.25, -0.2) is 13.8 Å². The zero-order valence-electron chi connectivity index (χ0n) is 12.9. The normalized spacial score (nSPS) is 16.5. The summed E-state index contributed by atoms with van der Waals surface area (Å²) in [6.07, 6.45) is 3.14. The van der Waals surface area contributed by atoms with E-state index in [-0.39, 0.29) is 18.0 Å². The summed E-state index contributed by atoms with van der Waals surface area (Å²) in [5.74, 6) is -1.37. The van der Waals surface area contributed by atoms with E-state index in [4.69, 9.17) is 0 Å². The molecule has 1 heterocycles. The number of carbonyl (C=O) groups is 1. The number of halogens is 2. The molecule has 0 bridgehead atoms. The van der Waals surface area contributed by atoms with E-state index in [1.807, 2.05) is 6.92 Å². The van der Waals surface area contributed by atoms with Crippen molar-refractivity contribution in [2.24, 2.45) is 0 Å². The molecule has 1 fully saturated rings. The second-order valence-electron chi connectivity index (χ2n) is 6.02. The van der Waals surface area contributed by atoms with Gasteiger partial charge in [-0.2, -0.15) is 0 Å². The van der Waals surface area contributed by atoms with Crippen molar-refractivity contribution in [2.75, 3.05) is 6.54 Å². The van der Waals surface area contributed by atoms with Gasteiger partial charge in [0.05, 0.1) is 5.01 Å². The molecule has 6 heteroatoms. The van der Waals surface area contributed by atoms with Gasteiger partial charge in [0.25, 0.3) is 5.91 Å². The largest absolute Gasteiger partial charge is 0.350 e. The van der Waals surface area contributed by atoms with Gasteiger partial charge in [-0.05, 0) is 31.9 Å². The summed E-state index contributed by atoms with van der Waals surface area (Å²) in [7, 11) is 0. The van der Waals surface area contributed by atoms with E-state index >= 15 is 0 Å². The highest BCUT2D eigenvalue weighted by atomic mass is 32.1. The van der Waals surface area contributed by atoms with Crippen molar-refractivity contribution >= 4 is 17.2 Å². The summed E-state index contributed by atoms with van der Waals surface area (Å²) in [5.41, 5.74) is -0.210. The van der Waals surface area contributed by atoms with Crippen LogP contribution in [-0.2, 0) is 5.41 Å². The molecule has 3 nitrogen and oxygen atoms in total. The molecule has 23 heavy (non-hydrogen) atoms. The van der Waals surface area contributed by atoms with Crippen LogP contribution in [0.3, 0.4) is 0 Å². The Morgan fingerprint density at radius 1 is 1.30 bits per heavy atom. The topological polar surface area (TPSA) is 42.0 Å². The highest BCUT2D eigenvalue weighted by molar-refractivity contribution is 7.09. The number of aromatic nitrogens is 1. The lowest BCUT2D eigenvalue weighted by Crippen LogP contribution is -2.40. The third kappa shape index (κ3) is 3.13. The van der Waals surface area contributed by atoms with Gasteiger partial charge in [-0.1, -0.05) is 18.9 Å². The van der Waals surface area contributed by atoms with Gasteiger partial charge >= 0.3 is 0 Å². The number of nitrogens with one attached hydrogen (secondary N) is 1. The first-order valence-electron chi connectivity index (χ1n) is 7.67. The lowest BCUT2D eigenvalue weighted by atomic mass is 9.78. The first-order valence-corrected chi connectivity index (χ1v) is 8.55. The van der Waals surface area contributed by atoms with Crippen molar-refractivity contribution in [3.05, 3.63) is 51.5 Å². The molecule has 1 saturated carbocycles. The average molecular weight is 336 g/mol. The molecule has 1 aliphatic carbocycles. The summed E-state index contributed by atoms with van der Waals surface area (Å²) >= 11 is 1.40. The summed E-state index contributed by atoms with van der Waals surface area (Å²) in [5, 5.41) is 5.32. The summed E-state index contributed by atoms with van der Waals surface area (Å²) in [4.78, 5) is 16.3. The fourth-order valence-electron chi connectivity index (χ4n) is 3.38. The molecule has 2 aromatic rings. The molecule has 122 valence electrons. The molecule has 3 rings (SSSR count). The first-order chi connectivity index (χ1) is 11.0. The Balaban J connectivity index is 1.83. The maximum Gasteiger partial charge on any atom is 0.270 e. The van der Waals surface area contributed by atoms with Gasteiger partial charge in [0.1, 0.15) is 17.3 Å². The Morgan fingerprint density at radius 2 is 1.96 bits per heavy atom. The second-order valence-corrected chi connectivity index (χ2v) is 7.08. The Morgan fingerprint density at radius 3 is 2.52 bits per heavy atom. The van der Waals surface area contributed by atoms with Gasteiger partial charge in [0, 0.05) is 22.9 Å². The lowest BCUT2D eigenvalue weighted by molar-refractivity contribution is 0.0937. The number of hydrogen-bond acceptors (Lipinski definition) is 3. The first kappa shape index (κ1) is 16.1. The van der Waals surface area contributed by atoms with E-state index < -0.39 is 17.0 Å². The molecule has 0 saturated heterocycles. The predicted molar refractivity (Wildman–Crippen MR) is 85.7 cm³/mol. The summed E-state index contributed by atoms with van der Waals surface area (Å²) in [6.45, 7) is 2.05. The van der Waals surface area contributed by atoms with Crippen LogP contribution in [-0.4, -0.2) is 17.4 Å². The maximum absolute atomic E-state index is 14.2. The van der Waals surface area contributed by atoms with Crippen molar-refractivity contribution in [3.8, 4) is 0 Å². The van der Waals surface area contributed by atoms with Gasteiger partial charge in [0.2, 0.25) is 0 Å². The molecule has 0 atom stereocenters. The maximum atomic E-state index is 14.2. The van der Waals surface area contributed by atoms with Crippen LogP contribution in [0.15, 0.2) is 23.6 Å². The lowest BCUT2D eigenvalue weighted by Gasteiger charge is -2.30. The Kier molecular flexibility index (Phi) is 4.43. The van der Waals surface area contributed by atoms with Crippen LogP contribution in [0, 0.1) is 18.6 Å². The van der Waals surface area contributed by atoms with E-state index in [9.17, 15) is 13.6 Å². The number of thiazole rings is 1. The number of nitrogens with zero attached hydrogens (tertiary/aromatic N) is 1. The molecule has 1 aliphatic rings. The highest BCUT2D eigenvalue weighted by Crippen LogP contribution is 2.42. The molecule has 1 amide bonds. The van der Waals surface area contributed by atoms with Crippen LogP contribution in [0.5, 0.6) is 0 Å². The minimum atomic E-state index is -0.670. The molecule has 1 aromatic heterocycles. The van der Waals surface area contributed by atoms with E-state index in [0.717, 1.165) is 17.8 Å². The van der Waals surface area contributed by atoms with Crippen LogP contribution in [0.25, 0.3) is 0 Å². The van der Waals surface area contributed by atoms with Crippen LogP contribution >= 0.6 is 11.3 Å². The Hall–Kier alpha value is -1.82. The SMILES string of the molecule is Cc1nc(C(=O)NCC2(c3c(F)cccc3F)CCCC2)cs1. The Bertz CT molecular complexity index is 703. The number of benzene rings is 1. The van der Waals surface area contributed by atoms with Gasteiger partial charge < -0.3 is 5.32 Å². The van der Waals surface area contributed by atoms with E-state index in [1.54, 1.807) is 5.38 Å². The number of hydrogen-bond donors (Lipinski definition) is 1. The third-order valence-electron chi connectivity index (χ3n) is 4.49. The molecule has 0 spiro atoms. The summed E-state index contributed by atoms with van der Waals surface area (Å²) < 4.78 is 28.5. The van der Waals surface area contributed by atoms with Crippen molar-refractivity contribution < 1.29 is 13.6 Å². The highest BCUT2D eigenvalue weighted by Gasteiger charge is 2.40. The zero-order valence-corrected chi connectivity index (χ0v) is 13.7. The molecular weight excluding hydrogens is 318 g/mol. The van der Waals surface area contributed by atoms with Crippen LogP contribution in [0.1, 0.15) is 46.7 Å². The van der Waals surface area contributed by atoms with E-state index in [2.05, 4.69) is 10.3 Å². The van der Waals surface area contributed by atoms with Gasteiger partial charge in [-0.3, -0.25) is 4.79 Å². The van der Waals surface area contributed by atoms with Gasteiger partial charge in [-0.15, -0.1) is 11.3 Å². The number of amides is 1. The molecule has 0 unspecified atom stereocenters. The smallest absolute Gasteiger partial charge is 0.270 e. The molecular formula is C17H18F2N2OS. The summed E-state index contributed by atoms with van der Waals surface area (Å²) in [6, 6.07) is 3.93. The second kappa shape index (κ2) is 6.35. The van der Waals surface area contributed by atoms with Crippen molar-refractivity contribution in [1.82, 2.24) is 10.3 Å². The molecule has 1 aromatic carbocycles. The minimum Gasteiger partial charge on any atom is -0.350 e. The average Bonchev–Trinajstić information content (AvgIpc) is 3.15. The van der Waals surface area contributed by atoms with Crippen LogP contribution in [0.2, 0.25) is 0 Å². The third-order valence-corrected chi connectivity index (χ3v) is 5.27. The fourth-order valence-corrected chi connectivity index (χ4v) is 3.97. The van der Waals surface area contributed by atoms with E-state index in [1.165, 1.54) is 29.5 Å². The van der Waals surface area contributed by atoms with E-state index in [0.29, 0.717) is 18.5 Å². The number of rotatable bonds is 4.